The van der Waals surface area contributed by atoms with Gasteiger partial charge in [-0.15, -0.1) is 0 Å². The Balaban J connectivity index is 1.26. The smallest absolute Gasteiger partial charge is 0.164 e. The highest BCUT2D eigenvalue weighted by molar-refractivity contribution is 5.91. The number of piperidine rings is 1. The van der Waals surface area contributed by atoms with Gasteiger partial charge in [0.25, 0.3) is 0 Å². The summed E-state index contributed by atoms with van der Waals surface area (Å²) in [6, 6.07) is 6.96. The van der Waals surface area contributed by atoms with E-state index in [1.807, 2.05) is 11.6 Å². The van der Waals surface area contributed by atoms with Crippen molar-refractivity contribution < 1.29 is 0 Å². The van der Waals surface area contributed by atoms with Crippen LogP contribution in [0.4, 0.5) is 0 Å². The van der Waals surface area contributed by atoms with Crippen LogP contribution in [0.2, 0.25) is 0 Å². The third kappa shape index (κ3) is 3.49. The van der Waals surface area contributed by atoms with Crippen molar-refractivity contribution in [3.63, 3.8) is 0 Å². The third-order valence-electron chi connectivity index (χ3n) is 7.55. The minimum Gasteiger partial charge on any atom is -0.354 e. The van der Waals surface area contributed by atoms with E-state index in [4.69, 9.17) is 0 Å². The van der Waals surface area contributed by atoms with Gasteiger partial charge in [0.1, 0.15) is 12.7 Å². The average molecular weight is 455 g/mol. The lowest BCUT2D eigenvalue weighted by Crippen LogP contribution is -2.32. The van der Waals surface area contributed by atoms with Crippen molar-refractivity contribution >= 4 is 16.6 Å². The monoisotopic (exact) mass is 454 g/mol. The van der Waals surface area contributed by atoms with E-state index in [9.17, 15) is 0 Å². The molecule has 0 atom stereocenters. The van der Waals surface area contributed by atoms with E-state index in [1.54, 1.807) is 17.3 Å². The van der Waals surface area contributed by atoms with Gasteiger partial charge in [-0.1, -0.05) is 6.07 Å². The van der Waals surface area contributed by atoms with Gasteiger partial charge in [-0.3, -0.25) is 9.58 Å². The molecule has 0 unspecified atom stereocenters. The number of benzene rings is 1. The van der Waals surface area contributed by atoms with Gasteiger partial charge in [0.05, 0.1) is 12.2 Å². The molecule has 0 bridgehead atoms. The Labute approximate surface area is 198 Å². The molecule has 0 radical (unpaired) electrons. The Morgan fingerprint density at radius 1 is 1.03 bits per heavy atom. The van der Waals surface area contributed by atoms with Gasteiger partial charge in [-0.05, 0) is 87.0 Å². The number of nitrogens with one attached hydrogen (secondary N) is 1. The van der Waals surface area contributed by atoms with Gasteiger partial charge in [0.2, 0.25) is 0 Å². The number of aromatic nitrogens is 7. The van der Waals surface area contributed by atoms with Gasteiger partial charge in [-0.2, -0.15) is 10.2 Å². The topological polar surface area (TPSA) is 79.9 Å². The van der Waals surface area contributed by atoms with Gasteiger partial charge in [0, 0.05) is 29.7 Å². The highest BCUT2D eigenvalue weighted by atomic mass is 15.3. The second-order valence-corrected chi connectivity index (χ2v) is 9.64. The van der Waals surface area contributed by atoms with Crippen molar-refractivity contribution in [2.45, 2.75) is 46.1 Å². The molecule has 1 aliphatic heterocycles. The number of aromatic amines is 1. The number of hydrogen-bond acceptors (Lipinski definition) is 5. The molecule has 6 rings (SSSR count). The molecule has 0 amide bonds. The lowest BCUT2D eigenvalue weighted by molar-refractivity contribution is 0.200. The minimum absolute atomic E-state index is 0.588. The summed E-state index contributed by atoms with van der Waals surface area (Å²) in [5.41, 5.74) is 9.60. The molecular formula is C26H30N8. The molecule has 0 saturated carbocycles. The van der Waals surface area contributed by atoms with Crippen LogP contribution < -0.4 is 0 Å². The molecule has 5 aromatic rings. The van der Waals surface area contributed by atoms with E-state index < -0.39 is 0 Å². The van der Waals surface area contributed by atoms with Crippen LogP contribution in [0.15, 0.2) is 37.1 Å². The lowest BCUT2D eigenvalue weighted by Gasteiger charge is -2.31. The molecular weight excluding hydrogens is 424 g/mol. The molecule has 1 fully saturated rings. The van der Waals surface area contributed by atoms with E-state index >= 15 is 0 Å². The summed E-state index contributed by atoms with van der Waals surface area (Å²) in [5.74, 6) is 1.50. The SMILES string of the molecule is Cc1c(-c2[nH]c3ccc(C4CCN(Cc5ncn(C)n5)CC4)cc3c2C)cn2ncnc2c1C. The number of pyridine rings is 1. The number of fused-ring (bicyclic) bond motifs is 2. The predicted molar refractivity (Wildman–Crippen MR) is 133 cm³/mol. The van der Waals surface area contributed by atoms with E-state index in [0.717, 1.165) is 43.9 Å². The number of nitrogens with zero attached hydrogens (tertiary/aromatic N) is 7. The molecule has 1 N–H and O–H groups in total. The summed E-state index contributed by atoms with van der Waals surface area (Å²) in [7, 11) is 1.92. The third-order valence-corrected chi connectivity index (χ3v) is 7.55. The molecule has 5 heterocycles. The van der Waals surface area contributed by atoms with Crippen LogP contribution in [0.25, 0.3) is 27.8 Å². The van der Waals surface area contributed by atoms with Crippen molar-refractivity contribution in [3.8, 4) is 11.3 Å². The Morgan fingerprint density at radius 3 is 2.62 bits per heavy atom. The number of rotatable bonds is 4. The van der Waals surface area contributed by atoms with Gasteiger partial charge in [-0.25, -0.2) is 14.5 Å². The van der Waals surface area contributed by atoms with Crippen LogP contribution in [0.3, 0.4) is 0 Å². The molecule has 0 spiro atoms. The summed E-state index contributed by atoms with van der Waals surface area (Å²) >= 11 is 0. The van der Waals surface area contributed by atoms with Crippen LogP contribution in [-0.4, -0.2) is 52.3 Å². The van der Waals surface area contributed by atoms with Crippen molar-refractivity contribution in [1.29, 1.82) is 0 Å². The first kappa shape index (κ1) is 21.0. The molecule has 8 nitrogen and oxygen atoms in total. The summed E-state index contributed by atoms with van der Waals surface area (Å²) < 4.78 is 3.65. The maximum absolute atomic E-state index is 4.43. The maximum atomic E-state index is 4.43. The molecule has 174 valence electrons. The van der Waals surface area contributed by atoms with Gasteiger partial charge in [0.15, 0.2) is 11.5 Å². The minimum atomic E-state index is 0.588. The molecule has 1 aliphatic rings. The number of hydrogen-bond donors (Lipinski definition) is 1. The van der Waals surface area contributed by atoms with E-state index in [2.05, 4.69) is 75.2 Å². The van der Waals surface area contributed by atoms with Crippen molar-refractivity contribution in [1.82, 2.24) is 39.2 Å². The first-order valence-electron chi connectivity index (χ1n) is 12.0. The van der Waals surface area contributed by atoms with Crippen LogP contribution in [0, 0.1) is 20.8 Å². The Morgan fingerprint density at radius 2 is 1.85 bits per heavy atom. The van der Waals surface area contributed by atoms with E-state index in [0.29, 0.717) is 5.92 Å². The second-order valence-electron chi connectivity index (χ2n) is 9.64. The average Bonchev–Trinajstić information content (AvgIpc) is 3.56. The zero-order chi connectivity index (χ0) is 23.4. The van der Waals surface area contributed by atoms with E-state index in [1.165, 1.54) is 44.4 Å². The Bertz CT molecular complexity index is 1500. The summed E-state index contributed by atoms with van der Waals surface area (Å²) in [4.78, 5) is 14.9. The van der Waals surface area contributed by atoms with Crippen molar-refractivity contribution in [2.75, 3.05) is 13.1 Å². The maximum Gasteiger partial charge on any atom is 0.164 e. The highest BCUT2D eigenvalue weighted by Crippen LogP contribution is 2.36. The zero-order valence-electron chi connectivity index (χ0n) is 20.2. The number of likely N-dealkylation sites (tertiary alicyclic amines) is 1. The first-order valence-corrected chi connectivity index (χ1v) is 12.0. The van der Waals surface area contributed by atoms with Crippen molar-refractivity contribution in [2.24, 2.45) is 7.05 Å². The molecule has 0 aliphatic carbocycles. The van der Waals surface area contributed by atoms with Gasteiger partial charge < -0.3 is 4.98 Å². The van der Waals surface area contributed by atoms with Crippen LogP contribution >= 0.6 is 0 Å². The number of aryl methyl sites for hydroxylation is 3. The summed E-state index contributed by atoms with van der Waals surface area (Å²) in [6.07, 6.45) is 7.81. The first-order chi connectivity index (χ1) is 16.5. The fourth-order valence-electron chi connectivity index (χ4n) is 5.40. The normalized spacial score (nSPS) is 15.6. The standard InChI is InChI=1S/C26H30N8/c1-16-17(2)26-27-14-29-34(26)12-22(16)25-18(3)21-11-20(5-6-23(21)30-25)19-7-9-33(10-8-19)13-24-28-15-32(4)31-24/h5-6,11-12,14-15,19,30H,7-10,13H2,1-4H3. The second kappa shape index (κ2) is 8.06. The quantitative estimate of drug-likeness (QED) is 0.438. The number of H-pyrrole nitrogens is 1. The molecule has 34 heavy (non-hydrogen) atoms. The molecule has 4 aromatic heterocycles. The van der Waals surface area contributed by atoms with Crippen LogP contribution in [-0.2, 0) is 13.6 Å². The largest absolute Gasteiger partial charge is 0.354 e. The highest BCUT2D eigenvalue weighted by Gasteiger charge is 2.23. The fourth-order valence-corrected chi connectivity index (χ4v) is 5.40. The Hall–Kier alpha value is -3.52. The van der Waals surface area contributed by atoms with Crippen molar-refractivity contribution in [3.05, 3.63) is 65.1 Å². The van der Waals surface area contributed by atoms with E-state index in [-0.39, 0.29) is 0 Å². The molecule has 1 aromatic carbocycles. The fraction of sp³-hybridized carbons (Fsp3) is 0.385. The van der Waals surface area contributed by atoms with Crippen LogP contribution in [0.5, 0.6) is 0 Å². The predicted octanol–water partition coefficient (Wildman–Crippen LogP) is 4.31. The lowest BCUT2D eigenvalue weighted by atomic mass is 9.88. The molecule has 1 saturated heterocycles. The Kier molecular flexibility index (Phi) is 4.99. The molecule has 8 heteroatoms. The summed E-state index contributed by atoms with van der Waals surface area (Å²) in [6.45, 7) is 9.51. The van der Waals surface area contributed by atoms with Gasteiger partial charge >= 0.3 is 0 Å². The van der Waals surface area contributed by atoms with Crippen LogP contribution in [0.1, 0.15) is 46.8 Å². The zero-order valence-corrected chi connectivity index (χ0v) is 20.2. The summed E-state index contributed by atoms with van der Waals surface area (Å²) in [5, 5.41) is 10.1.